The third kappa shape index (κ3) is 3.69. The lowest BCUT2D eigenvalue weighted by Gasteiger charge is -2.17. The van der Waals surface area contributed by atoms with Crippen LogP contribution in [-0.4, -0.2) is 14.5 Å². The molecule has 0 heterocycles. The molecule has 1 aromatic rings. The number of benzene rings is 1. The second-order valence-electron chi connectivity index (χ2n) is 3.94. The van der Waals surface area contributed by atoms with E-state index >= 15 is 0 Å². The predicted molar refractivity (Wildman–Crippen MR) is 80.9 cm³/mol. The van der Waals surface area contributed by atoms with E-state index in [4.69, 9.17) is 5.73 Å². The van der Waals surface area contributed by atoms with Gasteiger partial charge in [0.2, 0.25) is 10.0 Å². The average molecular weight is 400 g/mol. The highest BCUT2D eigenvalue weighted by atomic mass is 79.9. The lowest BCUT2D eigenvalue weighted by atomic mass is 10.2. The fraction of sp³-hybridized carbons (Fsp3) is 0.455. The molecule has 0 saturated carbocycles. The smallest absolute Gasteiger partial charge is 0.243 e. The van der Waals surface area contributed by atoms with Crippen molar-refractivity contribution < 1.29 is 8.42 Å². The van der Waals surface area contributed by atoms with Gasteiger partial charge in [-0.3, -0.25) is 0 Å². The second kappa shape index (κ2) is 6.36. The van der Waals surface area contributed by atoms with Crippen LogP contribution in [0.1, 0.15) is 26.7 Å². The highest BCUT2D eigenvalue weighted by Gasteiger charge is 2.23. The molecule has 0 amide bonds. The number of hydrogen-bond donors (Lipinski definition) is 2. The van der Waals surface area contributed by atoms with Crippen molar-refractivity contribution in [2.75, 3.05) is 5.73 Å². The third-order valence-corrected chi connectivity index (χ3v) is 5.60. The van der Waals surface area contributed by atoms with Gasteiger partial charge in [-0.15, -0.1) is 0 Å². The molecule has 0 fully saturated rings. The molecule has 0 aromatic heterocycles. The van der Waals surface area contributed by atoms with E-state index in [2.05, 4.69) is 36.6 Å². The Morgan fingerprint density at radius 2 is 1.83 bits per heavy atom. The summed E-state index contributed by atoms with van der Waals surface area (Å²) in [5.74, 6) is 0. The number of sulfonamides is 1. The van der Waals surface area contributed by atoms with Crippen molar-refractivity contribution in [1.29, 1.82) is 0 Å². The average Bonchev–Trinajstić information content (AvgIpc) is 2.23. The van der Waals surface area contributed by atoms with Crippen LogP contribution in [0.25, 0.3) is 0 Å². The molecule has 0 atom stereocenters. The number of halogens is 2. The minimum Gasteiger partial charge on any atom is -0.398 e. The molecule has 7 heteroatoms. The Kier molecular flexibility index (Phi) is 5.64. The van der Waals surface area contributed by atoms with Crippen LogP contribution in [-0.2, 0) is 10.0 Å². The van der Waals surface area contributed by atoms with Gasteiger partial charge in [0, 0.05) is 15.0 Å². The van der Waals surface area contributed by atoms with Gasteiger partial charge in [0.05, 0.1) is 5.69 Å². The van der Waals surface area contributed by atoms with E-state index in [9.17, 15) is 8.42 Å². The van der Waals surface area contributed by atoms with Crippen molar-refractivity contribution in [3.8, 4) is 0 Å². The van der Waals surface area contributed by atoms with Crippen LogP contribution >= 0.6 is 31.9 Å². The molecule has 1 aromatic carbocycles. The number of rotatable bonds is 5. The zero-order valence-electron chi connectivity index (χ0n) is 10.2. The van der Waals surface area contributed by atoms with E-state index < -0.39 is 10.0 Å². The van der Waals surface area contributed by atoms with E-state index in [0.29, 0.717) is 4.47 Å². The first-order valence-corrected chi connectivity index (χ1v) is 8.65. The van der Waals surface area contributed by atoms with Crippen molar-refractivity contribution in [3.63, 3.8) is 0 Å². The molecule has 0 aliphatic heterocycles. The molecule has 1 rings (SSSR count). The minimum absolute atomic E-state index is 0.0788. The standard InChI is InChI=1S/C11H16Br2N2O2S/c1-3-8(4-2)15-18(16,17)11-9(13)5-7(12)6-10(11)14/h5-6,8,15H,3-4,14H2,1-2H3. The van der Waals surface area contributed by atoms with E-state index in [1.165, 1.54) is 0 Å². The quantitative estimate of drug-likeness (QED) is 0.746. The van der Waals surface area contributed by atoms with Crippen LogP contribution < -0.4 is 10.5 Å². The molecule has 0 spiro atoms. The molecule has 0 unspecified atom stereocenters. The zero-order valence-corrected chi connectivity index (χ0v) is 14.2. The van der Waals surface area contributed by atoms with E-state index in [1.54, 1.807) is 12.1 Å². The molecule has 0 bridgehead atoms. The van der Waals surface area contributed by atoms with Crippen molar-refractivity contribution >= 4 is 47.6 Å². The van der Waals surface area contributed by atoms with Crippen molar-refractivity contribution in [2.24, 2.45) is 0 Å². The maximum absolute atomic E-state index is 12.3. The number of anilines is 1. The summed E-state index contributed by atoms with van der Waals surface area (Å²) in [6.45, 7) is 3.88. The molecule has 0 aliphatic rings. The monoisotopic (exact) mass is 398 g/mol. The van der Waals surface area contributed by atoms with Crippen LogP contribution in [0.2, 0.25) is 0 Å². The summed E-state index contributed by atoms with van der Waals surface area (Å²) in [5, 5.41) is 0. The third-order valence-electron chi connectivity index (χ3n) is 2.61. The van der Waals surface area contributed by atoms with E-state index in [-0.39, 0.29) is 16.6 Å². The van der Waals surface area contributed by atoms with Gasteiger partial charge in [-0.1, -0.05) is 29.8 Å². The van der Waals surface area contributed by atoms with Gasteiger partial charge in [0.15, 0.2) is 0 Å². The summed E-state index contributed by atoms with van der Waals surface area (Å²) in [4.78, 5) is 0.0950. The van der Waals surface area contributed by atoms with Gasteiger partial charge >= 0.3 is 0 Å². The van der Waals surface area contributed by atoms with Crippen LogP contribution in [0.5, 0.6) is 0 Å². The fourth-order valence-corrected chi connectivity index (χ4v) is 5.07. The molecular weight excluding hydrogens is 384 g/mol. The largest absolute Gasteiger partial charge is 0.398 e. The van der Waals surface area contributed by atoms with Crippen molar-refractivity contribution in [2.45, 2.75) is 37.6 Å². The van der Waals surface area contributed by atoms with Crippen LogP contribution in [0.4, 0.5) is 5.69 Å². The maximum Gasteiger partial charge on any atom is 0.243 e. The van der Waals surface area contributed by atoms with Gasteiger partial charge in [0.1, 0.15) is 4.90 Å². The molecule has 0 saturated heterocycles. The first-order chi connectivity index (χ1) is 8.31. The Labute approximate surface area is 125 Å². The highest BCUT2D eigenvalue weighted by Crippen LogP contribution is 2.31. The van der Waals surface area contributed by atoms with E-state index in [1.807, 2.05) is 13.8 Å². The molecule has 0 aliphatic carbocycles. The molecule has 4 nitrogen and oxygen atoms in total. The maximum atomic E-state index is 12.3. The zero-order chi connectivity index (χ0) is 13.9. The first kappa shape index (κ1) is 15.9. The summed E-state index contributed by atoms with van der Waals surface area (Å²) in [6, 6.07) is 3.16. The Morgan fingerprint density at radius 1 is 1.28 bits per heavy atom. The molecule has 0 radical (unpaired) electrons. The molecule has 102 valence electrons. The summed E-state index contributed by atoms with van der Waals surface area (Å²) in [6.07, 6.45) is 1.48. The summed E-state index contributed by atoms with van der Waals surface area (Å²) < 4.78 is 28.4. The van der Waals surface area contributed by atoms with Gasteiger partial charge < -0.3 is 5.73 Å². The summed E-state index contributed by atoms with van der Waals surface area (Å²) in [5.41, 5.74) is 6.01. The fourth-order valence-electron chi connectivity index (χ4n) is 1.60. The van der Waals surface area contributed by atoms with Gasteiger partial charge in [-0.05, 0) is 40.9 Å². The summed E-state index contributed by atoms with van der Waals surface area (Å²) >= 11 is 6.51. The van der Waals surface area contributed by atoms with Gasteiger partial charge in [-0.25, -0.2) is 13.1 Å². The number of nitrogens with one attached hydrogen (secondary N) is 1. The van der Waals surface area contributed by atoms with Gasteiger partial charge in [-0.2, -0.15) is 0 Å². The lowest BCUT2D eigenvalue weighted by Crippen LogP contribution is -2.34. The topological polar surface area (TPSA) is 72.2 Å². The highest BCUT2D eigenvalue weighted by molar-refractivity contribution is 9.11. The number of nitrogens with two attached hydrogens (primary N) is 1. The van der Waals surface area contributed by atoms with Crippen LogP contribution in [0.15, 0.2) is 26.0 Å². The van der Waals surface area contributed by atoms with Gasteiger partial charge in [0.25, 0.3) is 0 Å². The number of nitrogen functional groups attached to an aromatic ring is 1. The Balaban J connectivity index is 3.21. The second-order valence-corrected chi connectivity index (χ2v) is 7.36. The van der Waals surface area contributed by atoms with Crippen LogP contribution in [0, 0.1) is 0 Å². The first-order valence-electron chi connectivity index (χ1n) is 5.58. The van der Waals surface area contributed by atoms with E-state index in [0.717, 1.165) is 17.3 Å². The Hall–Kier alpha value is -0.110. The Bertz CT molecular complexity index is 505. The Morgan fingerprint density at radius 3 is 2.28 bits per heavy atom. The number of hydrogen-bond acceptors (Lipinski definition) is 3. The molecule has 3 N–H and O–H groups in total. The lowest BCUT2D eigenvalue weighted by molar-refractivity contribution is 0.530. The minimum atomic E-state index is -3.60. The van der Waals surface area contributed by atoms with Crippen molar-refractivity contribution in [3.05, 3.63) is 21.1 Å². The SMILES string of the molecule is CCC(CC)NS(=O)(=O)c1c(N)cc(Br)cc1Br. The molecular formula is C11H16Br2N2O2S. The summed E-state index contributed by atoms with van der Waals surface area (Å²) in [7, 11) is -3.60. The van der Waals surface area contributed by atoms with Crippen LogP contribution in [0.3, 0.4) is 0 Å². The molecule has 18 heavy (non-hydrogen) atoms. The predicted octanol–water partition coefficient (Wildman–Crippen LogP) is 3.26. The normalized spacial score (nSPS) is 12.1. The van der Waals surface area contributed by atoms with Crippen molar-refractivity contribution in [1.82, 2.24) is 4.72 Å².